The van der Waals surface area contributed by atoms with Gasteiger partial charge in [0.05, 0.1) is 6.42 Å². The maximum atomic E-state index is 12.0. The molecule has 4 N–H and O–H groups in total. The smallest absolute Gasteiger partial charge is 0.326 e. The zero-order valence-electron chi connectivity index (χ0n) is 11.1. The van der Waals surface area contributed by atoms with Crippen LogP contribution in [-0.4, -0.2) is 28.9 Å². The first-order valence-corrected chi connectivity index (χ1v) is 6.82. The van der Waals surface area contributed by atoms with Crippen molar-refractivity contribution in [3.05, 3.63) is 0 Å². The van der Waals surface area contributed by atoms with Crippen LogP contribution in [0, 0.1) is 5.92 Å². The van der Waals surface area contributed by atoms with E-state index in [9.17, 15) is 14.4 Å². The summed E-state index contributed by atoms with van der Waals surface area (Å²) >= 11 is 0. The van der Waals surface area contributed by atoms with Crippen molar-refractivity contribution in [2.24, 2.45) is 11.7 Å². The van der Waals surface area contributed by atoms with Gasteiger partial charge in [-0.15, -0.1) is 0 Å². The van der Waals surface area contributed by atoms with Crippen LogP contribution in [0.15, 0.2) is 0 Å². The molecule has 0 spiro atoms. The molecule has 2 amide bonds. The predicted octanol–water partition coefficient (Wildman–Crippen LogP) is 0.792. The van der Waals surface area contributed by atoms with Crippen molar-refractivity contribution in [3.63, 3.8) is 0 Å². The number of hydrogen-bond donors (Lipinski definition) is 3. The number of primary amides is 1. The van der Waals surface area contributed by atoms with E-state index in [1.807, 2.05) is 0 Å². The van der Waals surface area contributed by atoms with Gasteiger partial charge >= 0.3 is 5.97 Å². The van der Waals surface area contributed by atoms with Crippen molar-refractivity contribution in [1.82, 2.24) is 5.32 Å². The highest BCUT2D eigenvalue weighted by Crippen LogP contribution is 2.22. The van der Waals surface area contributed by atoms with Crippen molar-refractivity contribution in [1.29, 1.82) is 0 Å². The molecule has 0 aromatic rings. The number of rotatable bonds is 5. The summed E-state index contributed by atoms with van der Waals surface area (Å²) in [5.41, 5.74) is 4.98. The van der Waals surface area contributed by atoms with Gasteiger partial charge in [-0.3, -0.25) is 9.59 Å². The van der Waals surface area contributed by atoms with Gasteiger partial charge in [0.25, 0.3) is 0 Å². The number of carboxylic acids is 1. The van der Waals surface area contributed by atoms with Crippen LogP contribution >= 0.6 is 0 Å². The van der Waals surface area contributed by atoms with Crippen molar-refractivity contribution in [3.8, 4) is 0 Å². The molecular formula is C13H22N2O4. The fourth-order valence-corrected chi connectivity index (χ4v) is 2.41. The summed E-state index contributed by atoms with van der Waals surface area (Å²) in [6, 6.07) is -1.21. The summed E-state index contributed by atoms with van der Waals surface area (Å²) in [6.45, 7) is 0. The minimum atomic E-state index is -1.22. The Morgan fingerprint density at radius 1 is 1.11 bits per heavy atom. The minimum Gasteiger partial charge on any atom is -0.480 e. The fraction of sp³-hybridized carbons (Fsp3) is 0.769. The Labute approximate surface area is 112 Å². The van der Waals surface area contributed by atoms with Gasteiger partial charge in [0.2, 0.25) is 11.8 Å². The van der Waals surface area contributed by atoms with Crippen molar-refractivity contribution >= 4 is 17.8 Å². The molecule has 0 heterocycles. The normalized spacial score (nSPS) is 18.9. The van der Waals surface area contributed by atoms with E-state index in [0.717, 1.165) is 38.5 Å². The molecule has 0 radical (unpaired) electrons. The van der Waals surface area contributed by atoms with Crippen LogP contribution in [0.1, 0.15) is 51.4 Å². The molecule has 1 rings (SSSR count). The summed E-state index contributed by atoms with van der Waals surface area (Å²) < 4.78 is 0. The van der Waals surface area contributed by atoms with E-state index in [1.165, 1.54) is 6.42 Å². The molecule has 1 fully saturated rings. The molecule has 108 valence electrons. The van der Waals surface area contributed by atoms with Gasteiger partial charge in [-0.2, -0.15) is 0 Å². The Bertz CT molecular complexity index is 336. The highest BCUT2D eigenvalue weighted by molar-refractivity contribution is 5.88. The molecule has 6 heteroatoms. The topological polar surface area (TPSA) is 109 Å². The molecule has 0 saturated heterocycles. The van der Waals surface area contributed by atoms with Crippen LogP contribution in [0.5, 0.6) is 0 Å². The number of nitrogens with two attached hydrogens (primary N) is 1. The number of carbonyl (C=O) groups excluding carboxylic acids is 2. The van der Waals surface area contributed by atoms with Crippen molar-refractivity contribution < 1.29 is 19.5 Å². The molecule has 19 heavy (non-hydrogen) atoms. The summed E-state index contributed by atoms with van der Waals surface area (Å²) in [7, 11) is 0. The number of carboxylic acid groups (broad SMARTS) is 1. The van der Waals surface area contributed by atoms with Crippen LogP contribution in [0.25, 0.3) is 0 Å². The maximum Gasteiger partial charge on any atom is 0.326 e. The van der Waals surface area contributed by atoms with Crippen LogP contribution < -0.4 is 11.1 Å². The van der Waals surface area contributed by atoms with Crippen molar-refractivity contribution in [2.45, 2.75) is 57.4 Å². The Morgan fingerprint density at radius 3 is 2.11 bits per heavy atom. The van der Waals surface area contributed by atoms with E-state index < -0.39 is 17.9 Å². The quantitative estimate of drug-likeness (QED) is 0.686. The second kappa shape index (κ2) is 7.76. The van der Waals surface area contributed by atoms with Gasteiger partial charge in [-0.05, 0) is 12.8 Å². The summed E-state index contributed by atoms with van der Waals surface area (Å²) in [5.74, 6) is -2.37. The lowest BCUT2D eigenvalue weighted by Gasteiger charge is -2.21. The van der Waals surface area contributed by atoms with Gasteiger partial charge in [-0.25, -0.2) is 4.79 Å². The van der Waals surface area contributed by atoms with E-state index in [4.69, 9.17) is 10.8 Å². The zero-order chi connectivity index (χ0) is 14.3. The van der Waals surface area contributed by atoms with Crippen LogP contribution in [0.2, 0.25) is 0 Å². The molecule has 1 atom stereocenters. The highest BCUT2D eigenvalue weighted by atomic mass is 16.4. The predicted molar refractivity (Wildman–Crippen MR) is 69.2 cm³/mol. The molecule has 6 nitrogen and oxygen atoms in total. The lowest BCUT2D eigenvalue weighted by molar-refractivity contribution is -0.144. The van der Waals surface area contributed by atoms with E-state index in [2.05, 4.69) is 5.32 Å². The highest BCUT2D eigenvalue weighted by Gasteiger charge is 2.26. The number of hydrogen-bond acceptors (Lipinski definition) is 3. The monoisotopic (exact) mass is 270 g/mol. The molecule has 0 unspecified atom stereocenters. The van der Waals surface area contributed by atoms with Crippen LogP contribution in [-0.2, 0) is 14.4 Å². The fourth-order valence-electron chi connectivity index (χ4n) is 2.41. The van der Waals surface area contributed by atoms with E-state index in [1.54, 1.807) is 0 Å². The molecule has 1 saturated carbocycles. The third-order valence-corrected chi connectivity index (χ3v) is 3.50. The Hall–Kier alpha value is -1.59. The molecule has 1 aliphatic rings. The van der Waals surface area contributed by atoms with E-state index in [-0.39, 0.29) is 18.2 Å². The van der Waals surface area contributed by atoms with Crippen LogP contribution in [0.4, 0.5) is 0 Å². The Balaban J connectivity index is 2.53. The summed E-state index contributed by atoms with van der Waals surface area (Å²) in [5, 5.41) is 11.4. The molecule has 0 bridgehead atoms. The number of nitrogens with one attached hydrogen (secondary N) is 1. The molecular weight excluding hydrogens is 248 g/mol. The van der Waals surface area contributed by atoms with Crippen LogP contribution in [0.3, 0.4) is 0 Å². The van der Waals surface area contributed by atoms with Gasteiger partial charge in [0, 0.05) is 5.92 Å². The Kier molecular flexibility index (Phi) is 6.32. The molecule has 0 aliphatic heterocycles. The largest absolute Gasteiger partial charge is 0.480 e. The lowest BCUT2D eigenvalue weighted by atomic mass is 9.90. The van der Waals surface area contributed by atoms with E-state index >= 15 is 0 Å². The van der Waals surface area contributed by atoms with Gasteiger partial charge in [0.15, 0.2) is 0 Å². The number of amides is 2. The average molecular weight is 270 g/mol. The second-order valence-electron chi connectivity index (χ2n) is 5.11. The summed E-state index contributed by atoms with van der Waals surface area (Å²) in [4.78, 5) is 33.8. The lowest BCUT2D eigenvalue weighted by Crippen LogP contribution is -2.45. The standard InChI is InChI=1S/C13H22N2O4/c14-11(16)8-10(13(18)19)15-12(17)9-6-4-2-1-3-5-7-9/h9-10H,1-8H2,(H2,14,16)(H,15,17)(H,18,19)/t10-/m0/s1. The number of carbonyl (C=O) groups is 3. The minimum absolute atomic E-state index is 0.143. The third-order valence-electron chi connectivity index (χ3n) is 3.50. The molecule has 0 aromatic heterocycles. The average Bonchev–Trinajstić information content (AvgIpc) is 2.26. The summed E-state index contributed by atoms with van der Waals surface area (Å²) in [6.07, 6.45) is 6.63. The van der Waals surface area contributed by atoms with Gasteiger partial charge in [-0.1, -0.05) is 32.1 Å². The van der Waals surface area contributed by atoms with E-state index in [0.29, 0.717) is 0 Å². The zero-order valence-corrected chi connectivity index (χ0v) is 11.1. The Morgan fingerprint density at radius 2 is 1.63 bits per heavy atom. The SMILES string of the molecule is NC(=O)C[C@H](NC(=O)C1CCCCCCC1)C(=O)O. The maximum absolute atomic E-state index is 12.0. The number of aliphatic carboxylic acids is 1. The first-order chi connectivity index (χ1) is 9.00. The second-order valence-corrected chi connectivity index (χ2v) is 5.11. The van der Waals surface area contributed by atoms with Gasteiger partial charge < -0.3 is 16.2 Å². The molecule has 1 aliphatic carbocycles. The first-order valence-electron chi connectivity index (χ1n) is 6.82. The van der Waals surface area contributed by atoms with Gasteiger partial charge in [0.1, 0.15) is 6.04 Å². The third kappa shape index (κ3) is 5.72. The van der Waals surface area contributed by atoms with Crippen molar-refractivity contribution in [2.75, 3.05) is 0 Å². The first kappa shape index (κ1) is 15.5. The molecule has 0 aromatic carbocycles.